The molecule has 176 valence electrons. The maximum Gasteiger partial charge on any atom is 0.348 e. The predicted molar refractivity (Wildman–Crippen MR) is 126 cm³/mol. The fourth-order valence-corrected chi connectivity index (χ4v) is 5.43. The Labute approximate surface area is 195 Å². The van der Waals surface area contributed by atoms with Crippen molar-refractivity contribution < 1.29 is 24.5 Å². The number of nitrogens with zero attached hydrogens (tertiary/aromatic N) is 1. The van der Waals surface area contributed by atoms with Crippen LogP contribution in [0, 0.1) is 23.2 Å². The number of hydrogen-bond acceptors (Lipinski definition) is 5. The largest absolute Gasteiger partial charge is 0.477 e. The molecule has 2 N–H and O–H groups in total. The van der Waals surface area contributed by atoms with Crippen molar-refractivity contribution in [3.05, 3.63) is 15.8 Å². The van der Waals surface area contributed by atoms with Crippen LogP contribution in [0.15, 0.2) is 6.07 Å². The Morgan fingerprint density at radius 2 is 2.00 bits per heavy atom. The van der Waals surface area contributed by atoms with Gasteiger partial charge in [0, 0.05) is 12.0 Å². The second-order valence-electron chi connectivity index (χ2n) is 10.1. The van der Waals surface area contributed by atoms with Crippen molar-refractivity contribution in [3.8, 4) is 11.8 Å². The van der Waals surface area contributed by atoms with E-state index in [0.717, 1.165) is 37.0 Å². The normalized spacial score (nSPS) is 24.8. The summed E-state index contributed by atoms with van der Waals surface area (Å²) in [6, 6.07) is 1.57. The van der Waals surface area contributed by atoms with E-state index in [1.807, 2.05) is 20.8 Å². The van der Waals surface area contributed by atoms with Gasteiger partial charge in [0.15, 0.2) is 0 Å². The van der Waals surface area contributed by atoms with Gasteiger partial charge < -0.3 is 19.8 Å². The minimum atomic E-state index is -1.08. The van der Waals surface area contributed by atoms with Gasteiger partial charge in [0.05, 0.1) is 23.2 Å². The lowest BCUT2D eigenvalue weighted by Crippen LogP contribution is -2.62. The standard InChI is InChI=1S/C25H35NO5S/c1-24(2,3)13-11-18-15-19(21(32-18)22(28)29)26-20(17-9-6-5-7-10-17)16-31-25(4,23(26)30)12-8-14-27/h15,17,20,27H,5-10,12,14,16H2,1-4H3,(H,28,29)/t20-,25+/m0/s1. The van der Waals surface area contributed by atoms with Crippen LogP contribution in [0.2, 0.25) is 0 Å². The molecule has 2 heterocycles. The summed E-state index contributed by atoms with van der Waals surface area (Å²) < 4.78 is 6.12. The van der Waals surface area contributed by atoms with Crippen LogP contribution in [-0.2, 0) is 9.53 Å². The molecule has 32 heavy (non-hydrogen) atoms. The summed E-state index contributed by atoms with van der Waals surface area (Å²) in [7, 11) is 0. The Hall–Kier alpha value is -1.88. The summed E-state index contributed by atoms with van der Waals surface area (Å²) in [6.45, 7) is 8.11. The zero-order chi connectivity index (χ0) is 23.5. The summed E-state index contributed by atoms with van der Waals surface area (Å²) in [4.78, 5) is 28.5. The fourth-order valence-electron chi connectivity index (χ4n) is 4.58. The number of rotatable bonds is 6. The van der Waals surface area contributed by atoms with Crippen LogP contribution in [-0.4, -0.2) is 46.9 Å². The number of aliphatic hydroxyl groups excluding tert-OH is 1. The molecular weight excluding hydrogens is 426 g/mol. The SMILES string of the molecule is CC(C)(C)C#Cc1cc(N2C(=O)[C@@](C)(CCCO)OC[C@H]2C2CCCCC2)c(C(=O)O)s1. The van der Waals surface area contributed by atoms with Crippen LogP contribution in [0.25, 0.3) is 0 Å². The van der Waals surface area contributed by atoms with Gasteiger partial charge in [0.2, 0.25) is 0 Å². The van der Waals surface area contributed by atoms with Gasteiger partial charge in [-0.3, -0.25) is 4.79 Å². The molecule has 2 fully saturated rings. The number of aliphatic hydroxyl groups is 1. The Kier molecular flexibility index (Phi) is 7.69. The molecule has 1 saturated carbocycles. The first-order valence-corrected chi connectivity index (χ1v) is 12.4. The van der Waals surface area contributed by atoms with Crippen molar-refractivity contribution in [2.45, 2.75) is 84.3 Å². The summed E-state index contributed by atoms with van der Waals surface area (Å²) in [5, 5.41) is 19.3. The van der Waals surface area contributed by atoms with Crippen LogP contribution < -0.4 is 4.90 Å². The number of aromatic carboxylic acids is 1. The topological polar surface area (TPSA) is 87.1 Å². The molecule has 0 unspecified atom stereocenters. The molecule has 0 bridgehead atoms. The van der Waals surface area contributed by atoms with Crippen LogP contribution >= 0.6 is 11.3 Å². The Morgan fingerprint density at radius 3 is 2.59 bits per heavy atom. The molecule has 1 amide bonds. The van der Waals surface area contributed by atoms with Crippen molar-refractivity contribution in [1.29, 1.82) is 0 Å². The quantitative estimate of drug-likeness (QED) is 0.600. The second-order valence-corrected chi connectivity index (χ2v) is 11.2. The monoisotopic (exact) mass is 461 g/mol. The zero-order valence-corrected chi connectivity index (χ0v) is 20.4. The van der Waals surface area contributed by atoms with Crippen molar-refractivity contribution in [3.63, 3.8) is 0 Å². The summed E-state index contributed by atoms with van der Waals surface area (Å²) >= 11 is 1.12. The molecule has 0 radical (unpaired) electrons. The highest BCUT2D eigenvalue weighted by atomic mass is 32.1. The van der Waals surface area contributed by atoms with Gasteiger partial charge in [-0.2, -0.15) is 0 Å². The van der Waals surface area contributed by atoms with E-state index < -0.39 is 11.6 Å². The van der Waals surface area contributed by atoms with E-state index in [-0.39, 0.29) is 34.8 Å². The van der Waals surface area contributed by atoms with E-state index in [1.54, 1.807) is 17.9 Å². The van der Waals surface area contributed by atoms with Crippen molar-refractivity contribution >= 4 is 28.9 Å². The highest BCUT2D eigenvalue weighted by Crippen LogP contribution is 2.41. The minimum Gasteiger partial charge on any atom is -0.477 e. The molecule has 1 aromatic rings. The predicted octanol–water partition coefficient (Wildman–Crippen LogP) is 4.69. The molecule has 0 spiro atoms. The van der Waals surface area contributed by atoms with Crippen molar-refractivity contribution in [2.24, 2.45) is 11.3 Å². The first-order chi connectivity index (χ1) is 15.1. The van der Waals surface area contributed by atoms with Gasteiger partial charge in [-0.1, -0.05) is 31.1 Å². The Morgan fingerprint density at radius 1 is 1.31 bits per heavy atom. The molecule has 1 aliphatic heterocycles. The van der Waals surface area contributed by atoms with Crippen LogP contribution in [0.5, 0.6) is 0 Å². The zero-order valence-electron chi connectivity index (χ0n) is 19.6. The van der Waals surface area contributed by atoms with Gasteiger partial charge in [0.1, 0.15) is 10.5 Å². The summed E-state index contributed by atoms with van der Waals surface area (Å²) in [6.07, 6.45) is 6.27. The fraction of sp³-hybridized carbons (Fsp3) is 0.680. The highest BCUT2D eigenvalue weighted by molar-refractivity contribution is 7.15. The van der Waals surface area contributed by atoms with Crippen LogP contribution in [0.4, 0.5) is 5.69 Å². The number of carboxylic acids is 1. The lowest BCUT2D eigenvalue weighted by Gasteiger charge is -2.47. The van der Waals surface area contributed by atoms with Crippen molar-refractivity contribution in [1.82, 2.24) is 0 Å². The Bertz CT molecular complexity index is 900. The molecular formula is C25H35NO5S. The van der Waals surface area contributed by atoms with Gasteiger partial charge in [-0.25, -0.2) is 4.79 Å². The number of carboxylic acid groups (broad SMARTS) is 1. The third-order valence-corrected chi connectivity index (χ3v) is 7.34. The smallest absolute Gasteiger partial charge is 0.348 e. The van der Waals surface area contributed by atoms with Gasteiger partial charge in [0.25, 0.3) is 5.91 Å². The third-order valence-electron chi connectivity index (χ3n) is 6.31. The maximum absolute atomic E-state index is 13.8. The number of anilines is 1. The average molecular weight is 462 g/mol. The van der Waals surface area contributed by atoms with Gasteiger partial charge in [-0.05, 0) is 65.4 Å². The first kappa shape index (κ1) is 24.8. The molecule has 2 aliphatic rings. The van der Waals surface area contributed by atoms with E-state index in [4.69, 9.17) is 4.74 Å². The number of carbonyl (C=O) groups is 2. The number of hydrogen-bond donors (Lipinski definition) is 2. The number of carbonyl (C=O) groups excluding carboxylic acids is 1. The number of morpholine rings is 1. The van der Waals surface area contributed by atoms with E-state index in [2.05, 4.69) is 11.8 Å². The van der Waals surface area contributed by atoms with Crippen molar-refractivity contribution in [2.75, 3.05) is 18.1 Å². The van der Waals surface area contributed by atoms with Gasteiger partial charge >= 0.3 is 5.97 Å². The van der Waals surface area contributed by atoms with E-state index in [0.29, 0.717) is 30.0 Å². The summed E-state index contributed by atoms with van der Waals surface area (Å²) in [5.74, 6) is 5.28. The lowest BCUT2D eigenvalue weighted by molar-refractivity contribution is -0.154. The van der Waals surface area contributed by atoms with Crippen LogP contribution in [0.3, 0.4) is 0 Å². The first-order valence-electron chi connectivity index (χ1n) is 11.5. The maximum atomic E-state index is 13.8. The molecule has 1 aliphatic carbocycles. The molecule has 1 saturated heterocycles. The average Bonchev–Trinajstić information content (AvgIpc) is 3.17. The lowest BCUT2D eigenvalue weighted by atomic mass is 9.81. The Balaban J connectivity index is 2.06. The molecule has 3 rings (SSSR count). The minimum absolute atomic E-state index is 0.0242. The second kappa shape index (κ2) is 9.94. The third kappa shape index (κ3) is 5.54. The molecule has 7 heteroatoms. The van der Waals surface area contributed by atoms with E-state index >= 15 is 0 Å². The molecule has 0 aromatic carbocycles. The molecule has 6 nitrogen and oxygen atoms in total. The number of ether oxygens (including phenoxy) is 1. The van der Waals surface area contributed by atoms with E-state index in [1.165, 1.54) is 6.42 Å². The number of thiophene rings is 1. The molecule has 1 aromatic heterocycles. The van der Waals surface area contributed by atoms with Gasteiger partial charge in [-0.15, -0.1) is 11.3 Å². The van der Waals surface area contributed by atoms with Crippen LogP contribution in [0.1, 0.15) is 87.2 Å². The number of amides is 1. The molecule has 2 atom stereocenters. The highest BCUT2D eigenvalue weighted by Gasteiger charge is 2.48. The van der Waals surface area contributed by atoms with E-state index in [9.17, 15) is 19.8 Å². The summed E-state index contributed by atoms with van der Waals surface area (Å²) in [5.41, 5.74) is -0.863.